The van der Waals surface area contributed by atoms with Crippen molar-refractivity contribution in [3.63, 3.8) is 0 Å². The van der Waals surface area contributed by atoms with Crippen molar-refractivity contribution in [1.82, 2.24) is 4.98 Å². The number of anilines is 1. The van der Waals surface area contributed by atoms with E-state index in [9.17, 15) is 4.79 Å². The van der Waals surface area contributed by atoms with E-state index >= 15 is 0 Å². The number of unbranched alkanes of at least 4 members (excludes halogenated alkanes) is 1. The Morgan fingerprint density at radius 2 is 1.93 bits per heavy atom. The monoisotopic (exact) mass is 382 g/mol. The van der Waals surface area contributed by atoms with Crippen LogP contribution in [-0.2, 0) is 9.53 Å². The number of carbonyl (C=O) groups excluding carboxylic acids is 1. The maximum Gasteiger partial charge on any atom is 0.129 e. The van der Waals surface area contributed by atoms with Crippen LogP contribution >= 0.6 is 0 Å². The van der Waals surface area contributed by atoms with Crippen LogP contribution in [0.5, 0.6) is 5.75 Å². The first-order chi connectivity index (χ1) is 13.7. The standard InChI is InChI=1S/C23H30N2O3/c1-18-5-6-21(28-14-4-3-13-27-2)16-22(18)20-7-10-24-23(15-20)25-11-8-19(17-26)9-12-25/h5-7,10,15-17,19H,3-4,8-9,11-14H2,1-2H3. The molecule has 1 aliphatic rings. The molecule has 1 aliphatic heterocycles. The summed E-state index contributed by atoms with van der Waals surface area (Å²) >= 11 is 0. The fourth-order valence-electron chi connectivity index (χ4n) is 3.56. The molecule has 150 valence electrons. The molecule has 3 rings (SSSR count). The Morgan fingerprint density at radius 3 is 2.68 bits per heavy atom. The van der Waals surface area contributed by atoms with Gasteiger partial charge in [-0.3, -0.25) is 0 Å². The Labute approximate surface area is 167 Å². The number of ether oxygens (including phenoxy) is 2. The summed E-state index contributed by atoms with van der Waals surface area (Å²) in [6.45, 7) is 5.34. The van der Waals surface area contributed by atoms with Gasteiger partial charge in [0, 0.05) is 38.9 Å². The summed E-state index contributed by atoms with van der Waals surface area (Å²) in [6, 6.07) is 10.4. The molecule has 0 aliphatic carbocycles. The van der Waals surface area contributed by atoms with E-state index in [2.05, 4.69) is 35.0 Å². The van der Waals surface area contributed by atoms with E-state index < -0.39 is 0 Å². The second-order valence-electron chi connectivity index (χ2n) is 7.39. The van der Waals surface area contributed by atoms with E-state index in [1.807, 2.05) is 18.3 Å². The molecular weight excluding hydrogens is 352 g/mol. The zero-order valence-corrected chi connectivity index (χ0v) is 16.9. The molecule has 2 aromatic rings. The minimum atomic E-state index is 0.194. The molecule has 2 heterocycles. The molecule has 0 N–H and O–H groups in total. The summed E-state index contributed by atoms with van der Waals surface area (Å²) < 4.78 is 11.0. The highest BCUT2D eigenvalue weighted by Crippen LogP contribution is 2.30. The van der Waals surface area contributed by atoms with Crippen LogP contribution in [0.3, 0.4) is 0 Å². The maximum absolute atomic E-state index is 11.0. The Hall–Kier alpha value is -2.40. The van der Waals surface area contributed by atoms with Crippen molar-refractivity contribution in [2.24, 2.45) is 5.92 Å². The highest BCUT2D eigenvalue weighted by atomic mass is 16.5. The zero-order chi connectivity index (χ0) is 19.8. The van der Waals surface area contributed by atoms with E-state index in [1.54, 1.807) is 7.11 Å². The van der Waals surface area contributed by atoms with Gasteiger partial charge in [-0.05, 0) is 73.6 Å². The number of hydrogen-bond acceptors (Lipinski definition) is 5. The predicted octanol–water partition coefficient (Wildman–Crippen LogP) is 4.28. The molecule has 0 radical (unpaired) electrons. The van der Waals surface area contributed by atoms with Crippen LogP contribution in [0.1, 0.15) is 31.2 Å². The number of benzene rings is 1. The predicted molar refractivity (Wildman–Crippen MR) is 112 cm³/mol. The third-order valence-corrected chi connectivity index (χ3v) is 5.33. The van der Waals surface area contributed by atoms with E-state index in [-0.39, 0.29) is 5.92 Å². The molecule has 0 amide bonds. The molecule has 1 aromatic carbocycles. The van der Waals surface area contributed by atoms with Gasteiger partial charge in [0.1, 0.15) is 17.9 Å². The minimum Gasteiger partial charge on any atom is -0.494 e. The fraction of sp³-hybridized carbons (Fsp3) is 0.478. The van der Waals surface area contributed by atoms with Crippen LogP contribution in [0, 0.1) is 12.8 Å². The van der Waals surface area contributed by atoms with Crippen LogP contribution < -0.4 is 9.64 Å². The molecule has 5 heteroatoms. The van der Waals surface area contributed by atoms with Crippen molar-refractivity contribution in [2.75, 3.05) is 38.3 Å². The largest absolute Gasteiger partial charge is 0.494 e. The second-order valence-corrected chi connectivity index (χ2v) is 7.39. The quantitative estimate of drug-likeness (QED) is 0.479. The van der Waals surface area contributed by atoms with Crippen molar-refractivity contribution in [3.8, 4) is 16.9 Å². The van der Waals surface area contributed by atoms with Crippen molar-refractivity contribution in [3.05, 3.63) is 42.1 Å². The third kappa shape index (κ3) is 5.32. The number of rotatable bonds is 9. The van der Waals surface area contributed by atoms with Gasteiger partial charge < -0.3 is 19.2 Å². The number of pyridine rings is 1. The summed E-state index contributed by atoms with van der Waals surface area (Å²) in [5.41, 5.74) is 3.52. The molecule has 0 bridgehead atoms. The topological polar surface area (TPSA) is 51.7 Å². The SMILES string of the molecule is COCCCCOc1ccc(C)c(-c2ccnc(N3CCC(C=O)CC3)c2)c1. The van der Waals surface area contributed by atoms with Crippen LogP contribution in [-0.4, -0.2) is 44.7 Å². The molecule has 1 saturated heterocycles. The van der Waals surface area contributed by atoms with Gasteiger partial charge >= 0.3 is 0 Å². The van der Waals surface area contributed by atoms with Crippen LogP contribution in [0.4, 0.5) is 5.82 Å². The molecule has 0 spiro atoms. The van der Waals surface area contributed by atoms with Crippen molar-refractivity contribution in [2.45, 2.75) is 32.6 Å². The lowest BCUT2D eigenvalue weighted by Crippen LogP contribution is -2.34. The van der Waals surface area contributed by atoms with Crippen molar-refractivity contribution >= 4 is 12.1 Å². The van der Waals surface area contributed by atoms with Crippen molar-refractivity contribution in [1.29, 1.82) is 0 Å². The molecule has 0 saturated carbocycles. The number of hydrogen-bond donors (Lipinski definition) is 0. The molecule has 28 heavy (non-hydrogen) atoms. The number of methoxy groups -OCH3 is 1. The number of nitrogens with zero attached hydrogens (tertiary/aromatic N) is 2. The van der Waals surface area contributed by atoms with E-state index in [4.69, 9.17) is 9.47 Å². The zero-order valence-electron chi connectivity index (χ0n) is 16.9. The number of aldehydes is 1. The number of aromatic nitrogens is 1. The number of piperidine rings is 1. The molecule has 1 fully saturated rings. The second kappa shape index (κ2) is 10.2. The van der Waals surface area contributed by atoms with Crippen molar-refractivity contribution < 1.29 is 14.3 Å². The van der Waals surface area contributed by atoms with Gasteiger partial charge in [0.2, 0.25) is 0 Å². The molecule has 1 aromatic heterocycles. The first-order valence-corrected chi connectivity index (χ1v) is 10.1. The smallest absolute Gasteiger partial charge is 0.129 e. The van der Waals surface area contributed by atoms with E-state index in [1.165, 1.54) is 11.1 Å². The summed E-state index contributed by atoms with van der Waals surface area (Å²) in [4.78, 5) is 17.8. The lowest BCUT2D eigenvalue weighted by molar-refractivity contribution is -0.111. The molecule has 0 unspecified atom stereocenters. The Morgan fingerprint density at radius 1 is 1.14 bits per heavy atom. The Kier molecular flexibility index (Phi) is 7.43. The summed E-state index contributed by atoms with van der Waals surface area (Å²) in [5, 5.41) is 0. The van der Waals surface area contributed by atoms with Gasteiger partial charge in [0.15, 0.2) is 0 Å². The number of aryl methyl sites for hydroxylation is 1. The van der Waals surface area contributed by atoms with Gasteiger partial charge in [0.25, 0.3) is 0 Å². The lowest BCUT2D eigenvalue weighted by atomic mass is 9.98. The summed E-state index contributed by atoms with van der Waals surface area (Å²) in [7, 11) is 1.72. The van der Waals surface area contributed by atoms with Crippen LogP contribution in [0.2, 0.25) is 0 Å². The molecule has 0 atom stereocenters. The van der Waals surface area contributed by atoms with Gasteiger partial charge in [-0.25, -0.2) is 4.98 Å². The van der Waals surface area contributed by atoms with Gasteiger partial charge in [-0.15, -0.1) is 0 Å². The number of carbonyl (C=O) groups is 1. The minimum absolute atomic E-state index is 0.194. The normalized spacial score (nSPS) is 14.9. The summed E-state index contributed by atoms with van der Waals surface area (Å²) in [6.07, 6.45) is 6.75. The fourth-order valence-corrected chi connectivity index (χ4v) is 3.56. The van der Waals surface area contributed by atoms with Gasteiger partial charge in [-0.2, -0.15) is 0 Å². The average Bonchev–Trinajstić information content (AvgIpc) is 2.75. The summed E-state index contributed by atoms with van der Waals surface area (Å²) in [5.74, 6) is 2.06. The van der Waals surface area contributed by atoms with Crippen LogP contribution in [0.25, 0.3) is 11.1 Å². The van der Waals surface area contributed by atoms with E-state index in [0.29, 0.717) is 6.61 Å². The lowest BCUT2D eigenvalue weighted by Gasteiger charge is -2.30. The van der Waals surface area contributed by atoms with E-state index in [0.717, 1.165) is 68.8 Å². The Bertz CT molecular complexity index is 770. The first kappa shape index (κ1) is 20.3. The molecular formula is C23H30N2O3. The van der Waals surface area contributed by atoms with Gasteiger partial charge in [0.05, 0.1) is 6.61 Å². The Balaban J connectivity index is 1.70. The maximum atomic E-state index is 11.0. The van der Waals surface area contributed by atoms with Gasteiger partial charge in [-0.1, -0.05) is 6.07 Å². The highest BCUT2D eigenvalue weighted by molar-refractivity contribution is 5.71. The van der Waals surface area contributed by atoms with Crippen LogP contribution in [0.15, 0.2) is 36.5 Å². The molecule has 5 nitrogen and oxygen atoms in total. The highest BCUT2D eigenvalue weighted by Gasteiger charge is 2.20. The average molecular weight is 383 g/mol. The third-order valence-electron chi connectivity index (χ3n) is 5.33. The first-order valence-electron chi connectivity index (χ1n) is 10.1.